The first-order chi connectivity index (χ1) is 18.0. The lowest BCUT2D eigenvalue weighted by atomic mass is 9.96. The average molecular weight is 503 g/mol. The van der Waals surface area contributed by atoms with Gasteiger partial charge in [-0.05, 0) is 80.1 Å². The molecule has 1 fully saturated rings. The second-order valence-corrected chi connectivity index (χ2v) is 9.74. The van der Waals surface area contributed by atoms with Crippen molar-refractivity contribution in [1.82, 2.24) is 10.2 Å². The van der Waals surface area contributed by atoms with Crippen LogP contribution in [-0.2, 0) is 13.0 Å². The van der Waals surface area contributed by atoms with Crippen molar-refractivity contribution in [3.05, 3.63) is 89.5 Å². The van der Waals surface area contributed by atoms with Gasteiger partial charge in [0.05, 0.1) is 24.0 Å². The van der Waals surface area contributed by atoms with E-state index in [1.54, 1.807) is 19.2 Å². The van der Waals surface area contributed by atoms with Gasteiger partial charge in [0, 0.05) is 13.1 Å². The molecule has 4 rings (SSSR count). The fourth-order valence-electron chi connectivity index (χ4n) is 4.78. The molecular formula is C30H38N4O3. The molecule has 1 aliphatic heterocycles. The van der Waals surface area contributed by atoms with Crippen molar-refractivity contribution in [2.75, 3.05) is 37.8 Å². The van der Waals surface area contributed by atoms with Crippen LogP contribution in [0, 0.1) is 5.92 Å². The molecule has 1 heterocycles. The van der Waals surface area contributed by atoms with E-state index in [0.29, 0.717) is 48.0 Å². The van der Waals surface area contributed by atoms with E-state index in [0.717, 1.165) is 38.0 Å². The molecule has 1 unspecified atom stereocenters. The summed E-state index contributed by atoms with van der Waals surface area (Å²) in [6, 6.07) is 23.5. The van der Waals surface area contributed by atoms with Crippen molar-refractivity contribution in [3.63, 3.8) is 0 Å². The van der Waals surface area contributed by atoms with Crippen LogP contribution < -0.4 is 21.1 Å². The minimum Gasteiger partial charge on any atom is -0.496 e. The van der Waals surface area contributed by atoms with Gasteiger partial charge in [-0.1, -0.05) is 48.5 Å². The number of nitrogens with two attached hydrogens (primary N) is 1. The molecule has 3 aromatic rings. The summed E-state index contributed by atoms with van der Waals surface area (Å²) < 4.78 is 5.53. The molecule has 1 saturated heterocycles. The maximum absolute atomic E-state index is 12.9. The standard InChI is InChI=1S/C30H38N4O3/c1-37-28-19-22(12-14-29(35)33-27-10-6-5-9-26(27)31)11-13-25(28)30(36)32-20-23-15-17-34(18-16-23)21-24-7-3-2-4-8-24/h2-11,13,19,23,29,33,35H,12,14-18,20-21,31H2,1H3,(H,32,36). The number of carbonyl (C=O) groups excluding carboxylic acids is 1. The van der Waals surface area contributed by atoms with Crippen LogP contribution in [0.25, 0.3) is 0 Å². The first-order valence-electron chi connectivity index (χ1n) is 13.0. The molecule has 196 valence electrons. The topological polar surface area (TPSA) is 99.9 Å². The van der Waals surface area contributed by atoms with E-state index in [4.69, 9.17) is 10.5 Å². The van der Waals surface area contributed by atoms with Crippen LogP contribution in [-0.4, -0.2) is 48.9 Å². The van der Waals surface area contributed by atoms with Crippen molar-refractivity contribution in [3.8, 4) is 5.75 Å². The number of rotatable bonds is 11. The summed E-state index contributed by atoms with van der Waals surface area (Å²) in [5.41, 5.74) is 10.1. The minimum atomic E-state index is -0.738. The van der Waals surface area contributed by atoms with Crippen molar-refractivity contribution in [2.45, 2.75) is 38.5 Å². The van der Waals surface area contributed by atoms with E-state index < -0.39 is 6.23 Å². The Morgan fingerprint density at radius 1 is 1.05 bits per heavy atom. The number of aliphatic hydroxyl groups excluding tert-OH is 1. The Labute approximate surface area is 219 Å². The first-order valence-corrected chi connectivity index (χ1v) is 13.0. The van der Waals surface area contributed by atoms with Gasteiger partial charge in [0.15, 0.2) is 0 Å². The zero-order valence-corrected chi connectivity index (χ0v) is 21.5. The fraction of sp³-hybridized carbons (Fsp3) is 0.367. The average Bonchev–Trinajstić information content (AvgIpc) is 2.93. The van der Waals surface area contributed by atoms with Crippen LogP contribution in [0.3, 0.4) is 0 Å². The smallest absolute Gasteiger partial charge is 0.255 e. The van der Waals surface area contributed by atoms with Crippen LogP contribution in [0.15, 0.2) is 72.8 Å². The molecule has 5 N–H and O–H groups in total. The zero-order valence-electron chi connectivity index (χ0n) is 21.5. The number of methoxy groups -OCH3 is 1. The third kappa shape index (κ3) is 7.71. The molecule has 0 spiro atoms. The second kappa shape index (κ2) is 13.1. The highest BCUT2D eigenvalue weighted by Gasteiger charge is 2.21. The van der Waals surface area contributed by atoms with Gasteiger partial charge >= 0.3 is 0 Å². The SMILES string of the molecule is COc1cc(CCC(O)Nc2ccccc2N)ccc1C(=O)NCC1CCN(Cc2ccccc2)CC1. The Balaban J connectivity index is 1.23. The highest BCUT2D eigenvalue weighted by atomic mass is 16.5. The van der Waals surface area contributed by atoms with Gasteiger partial charge in [0.25, 0.3) is 5.91 Å². The lowest BCUT2D eigenvalue weighted by Gasteiger charge is -2.32. The monoisotopic (exact) mass is 502 g/mol. The van der Waals surface area contributed by atoms with E-state index in [2.05, 4.69) is 39.8 Å². The number of nitrogens with zero attached hydrogens (tertiary/aromatic N) is 1. The van der Waals surface area contributed by atoms with Gasteiger partial charge in [0.1, 0.15) is 12.0 Å². The Hall–Kier alpha value is -3.55. The number of aliphatic hydroxyl groups is 1. The molecule has 3 aromatic carbocycles. The molecule has 0 saturated carbocycles. The third-order valence-corrected chi connectivity index (χ3v) is 7.01. The van der Waals surface area contributed by atoms with Gasteiger partial charge in [-0.25, -0.2) is 0 Å². The number of amides is 1. The molecule has 7 heteroatoms. The molecule has 1 amide bonds. The molecule has 1 atom stereocenters. The van der Waals surface area contributed by atoms with Crippen molar-refractivity contribution in [1.29, 1.82) is 0 Å². The highest BCUT2D eigenvalue weighted by molar-refractivity contribution is 5.97. The maximum Gasteiger partial charge on any atom is 0.255 e. The Morgan fingerprint density at radius 2 is 1.78 bits per heavy atom. The van der Waals surface area contributed by atoms with Crippen LogP contribution in [0.5, 0.6) is 5.75 Å². The number of hydrogen-bond acceptors (Lipinski definition) is 6. The number of hydrogen-bond donors (Lipinski definition) is 4. The summed E-state index contributed by atoms with van der Waals surface area (Å²) in [5.74, 6) is 0.910. The fourth-order valence-corrected chi connectivity index (χ4v) is 4.78. The molecule has 0 radical (unpaired) electrons. The Morgan fingerprint density at radius 3 is 2.51 bits per heavy atom. The summed E-state index contributed by atoms with van der Waals surface area (Å²) in [6.07, 6.45) is 2.53. The van der Waals surface area contributed by atoms with Crippen molar-refractivity contribution >= 4 is 17.3 Å². The highest BCUT2D eigenvalue weighted by Crippen LogP contribution is 2.24. The van der Waals surface area contributed by atoms with Crippen LogP contribution in [0.1, 0.15) is 40.7 Å². The molecule has 0 aliphatic carbocycles. The number of nitrogen functional groups attached to an aromatic ring is 1. The number of para-hydroxylation sites is 2. The van der Waals surface area contributed by atoms with Crippen molar-refractivity contribution in [2.24, 2.45) is 5.92 Å². The quantitative estimate of drug-likeness (QED) is 0.231. The summed E-state index contributed by atoms with van der Waals surface area (Å²) in [5, 5.41) is 16.5. The summed E-state index contributed by atoms with van der Waals surface area (Å²) >= 11 is 0. The van der Waals surface area contributed by atoms with E-state index >= 15 is 0 Å². The molecule has 1 aliphatic rings. The largest absolute Gasteiger partial charge is 0.496 e. The van der Waals surface area contributed by atoms with Gasteiger partial charge < -0.3 is 26.2 Å². The van der Waals surface area contributed by atoms with Crippen LogP contribution in [0.4, 0.5) is 11.4 Å². The molecule has 0 bridgehead atoms. The zero-order chi connectivity index (χ0) is 26.0. The number of aryl methyl sites for hydroxylation is 1. The van der Waals surface area contributed by atoms with E-state index in [1.807, 2.05) is 36.4 Å². The van der Waals surface area contributed by atoms with E-state index in [9.17, 15) is 9.90 Å². The van der Waals surface area contributed by atoms with Crippen LogP contribution in [0.2, 0.25) is 0 Å². The predicted molar refractivity (Wildman–Crippen MR) is 149 cm³/mol. The van der Waals surface area contributed by atoms with Gasteiger partial charge in [-0.3, -0.25) is 9.69 Å². The molecule has 0 aromatic heterocycles. The van der Waals surface area contributed by atoms with Crippen molar-refractivity contribution < 1.29 is 14.6 Å². The predicted octanol–water partition coefficient (Wildman–Crippen LogP) is 4.28. The first kappa shape index (κ1) is 26.5. The molecule has 7 nitrogen and oxygen atoms in total. The summed E-state index contributed by atoms with van der Waals surface area (Å²) in [4.78, 5) is 15.4. The van der Waals surface area contributed by atoms with E-state index in [1.165, 1.54) is 5.56 Å². The third-order valence-electron chi connectivity index (χ3n) is 7.01. The number of anilines is 2. The van der Waals surface area contributed by atoms with Crippen LogP contribution >= 0.6 is 0 Å². The number of piperidine rings is 1. The lowest BCUT2D eigenvalue weighted by molar-refractivity contribution is 0.0932. The van der Waals surface area contributed by atoms with Gasteiger partial charge in [-0.2, -0.15) is 0 Å². The number of ether oxygens (including phenoxy) is 1. The minimum absolute atomic E-state index is 0.114. The Kier molecular flexibility index (Phi) is 9.40. The normalized spacial score (nSPS) is 15.2. The number of nitrogens with one attached hydrogen (secondary N) is 2. The number of benzene rings is 3. The number of carbonyl (C=O) groups is 1. The maximum atomic E-state index is 12.9. The van der Waals surface area contributed by atoms with Gasteiger partial charge in [-0.15, -0.1) is 0 Å². The molecule has 37 heavy (non-hydrogen) atoms. The number of likely N-dealkylation sites (tertiary alicyclic amines) is 1. The molecular weight excluding hydrogens is 464 g/mol. The van der Waals surface area contributed by atoms with Gasteiger partial charge in [0.2, 0.25) is 0 Å². The summed E-state index contributed by atoms with van der Waals surface area (Å²) in [7, 11) is 1.58. The Bertz CT molecular complexity index is 1150. The van der Waals surface area contributed by atoms with E-state index in [-0.39, 0.29) is 5.91 Å². The second-order valence-electron chi connectivity index (χ2n) is 9.74. The summed E-state index contributed by atoms with van der Waals surface area (Å²) in [6.45, 7) is 3.75. The lowest BCUT2D eigenvalue weighted by Crippen LogP contribution is -2.38.